The number of aliphatic carboxylic acids is 1. The van der Waals surface area contributed by atoms with E-state index in [4.69, 9.17) is 5.11 Å². The number of hydrogen-bond acceptors (Lipinski definition) is 3. The third kappa shape index (κ3) is 2.18. The van der Waals surface area contributed by atoms with E-state index in [1.54, 1.807) is 18.5 Å². The number of nitrogens with zero attached hydrogens (tertiary/aromatic N) is 2. The Morgan fingerprint density at radius 2 is 2.05 bits per heavy atom. The molecule has 2 N–H and O–H groups in total. The van der Waals surface area contributed by atoms with Crippen LogP contribution in [-0.2, 0) is 11.2 Å². The first-order valence-electron chi connectivity index (χ1n) is 5.83. The average Bonchev–Trinajstić information content (AvgIpc) is 2.86. The fourth-order valence-corrected chi connectivity index (χ4v) is 2.09. The maximum Gasteiger partial charge on any atom is 0.309 e. The van der Waals surface area contributed by atoms with Gasteiger partial charge in [0, 0.05) is 35.1 Å². The second-order valence-electron chi connectivity index (χ2n) is 4.20. The fraction of sp³-hybridized carbons (Fsp3) is 0.0714. The van der Waals surface area contributed by atoms with E-state index in [-0.39, 0.29) is 6.42 Å². The highest BCUT2D eigenvalue weighted by Gasteiger charge is 2.08. The van der Waals surface area contributed by atoms with Gasteiger partial charge >= 0.3 is 5.97 Å². The van der Waals surface area contributed by atoms with Gasteiger partial charge in [0.05, 0.1) is 17.8 Å². The minimum absolute atomic E-state index is 0.0864. The highest BCUT2D eigenvalue weighted by atomic mass is 16.4. The highest BCUT2D eigenvalue weighted by Crippen LogP contribution is 2.25. The molecular weight excluding hydrogens is 242 g/mol. The summed E-state index contributed by atoms with van der Waals surface area (Å²) in [5, 5.41) is 9.82. The van der Waals surface area contributed by atoms with Crippen LogP contribution in [0.3, 0.4) is 0 Å². The van der Waals surface area contributed by atoms with Crippen molar-refractivity contribution in [3.8, 4) is 11.3 Å². The van der Waals surface area contributed by atoms with Gasteiger partial charge in [-0.1, -0.05) is 0 Å². The van der Waals surface area contributed by atoms with Crippen LogP contribution in [0.5, 0.6) is 0 Å². The molecule has 5 nitrogen and oxygen atoms in total. The van der Waals surface area contributed by atoms with E-state index < -0.39 is 5.97 Å². The standard InChI is InChI=1S/C14H11N3O2/c18-13(19)8-10-7-9(1-4-15-10)14-11-2-5-16-12(11)3-6-17-14/h1-7,16H,8H2,(H,18,19). The first-order chi connectivity index (χ1) is 9.24. The Balaban J connectivity index is 2.11. The number of aromatic nitrogens is 3. The predicted octanol–water partition coefficient (Wildman–Crippen LogP) is 2.25. The molecule has 3 aromatic rings. The zero-order chi connectivity index (χ0) is 13.2. The van der Waals surface area contributed by atoms with Crippen molar-refractivity contribution in [2.45, 2.75) is 6.42 Å². The van der Waals surface area contributed by atoms with Crippen LogP contribution in [0.2, 0.25) is 0 Å². The Labute approximate surface area is 109 Å². The first kappa shape index (κ1) is 11.4. The zero-order valence-electron chi connectivity index (χ0n) is 10.00. The molecule has 0 bridgehead atoms. The van der Waals surface area contributed by atoms with Gasteiger partial charge in [0.15, 0.2) is 0 Å². The van der Waals surface area contributed by atoms with Crippen LogP contribution in [0.25, 0.3) is 22.2 Å². The molecule has 94 valence electrons. The molecule has 0 aliphatic rings. The number of H-pyrrole nitrogens is 1. The van der Waals surface area contributed by atoms with Gasteiger partial charge in [-0.3, -0.25) is 14.8 Å². The van der Waals surface area contributed by atoms with E-state index in [1.165, 1.54) is 0 Å². The topological polar surface area (TPSA) is 78.9 Å². The third-order valence-corrected chi connectivity index (χ3v) is 2.90. The van der Waals surface area contributed by atoms with Gasteiger partial charge < -0.3 is 10.1 Å². The van der Waals surface area contributed by atoms with Gasteiger partial charge in [-0.2, -0.15) is 0 Å². The van der Waals surface area contributed by atoms with Gasteiger partial charge in [0.1, 0.15) is 0 Å². The average molecular weight is 253 g/mol. The lowest BCUT2D eigenvalue weighted by atomic mass is 10.1. The van der Waals surface area contributed by atoms with Crippen LogP contribution < -0.4 is 0 Å². The van der Waals surface area contributed by atoms with E-state index in [0.29, 0.717) is 5.69 Å². The second kappa shape index (κ2) is 4.53. The Morgan fingerprint density at radius 3 is 2.89 bits per heavy atom. The number of carboxylic acid groups (broad SMARTS) is 1. The van der Waals surface area contributed by atoms with Crippen LogP contribution in [0.15, 0.2) is 42.9 Å². The van der Waals surface area contributed by atoms with Gasteiger partial charge in [-0.25, -0.2) is 0 Å². The monoisotopic (exact) mass is 253 g/mol. The molecule has 19 heavy (non-hydrogen) atoms. The second-order valence-corrected chi connectivity index (χ2v) is 4.20. The first-order valence-corrected chi connectivity index (χ1v) is 5.83. The van der Waals surface area contributed by atoms with Crippen molar-refractivity contribution >= 4 is 16.9 Å². The Kier molecular flexibility index (Phi) is 2.72. The fourth-order valence-electron chi connectivity index (χ4n) is 2.09. The van der Waals surface area contributed by atoms with Gasteiger partial charge in [0.2, 0.25) is 0 Å². The molecule has 5 heteroatoms. The Bertz CT molecular complexity index is 749. The van der Waals surface area contributed by atoms with Crippen molar-refractivity contribution in [1.29, 1.82) is 0 Å². The van der Waals surface area contributed by atoms with Crippen LogP contribution in [-0.4, -0.2) is 26.0 Å². The maximum absolute atomic E-state index is 10.7. The smallest absolute Gasteiger partial charge is 0.309 e. The lowest BCUT2D eigenvalue weighted by molar-refractivity contribution is -0.136. The summed E-state index contributed by atoms with van der Waals surface area (Å²) in [6.07, 6.45) is 5.11. The lowest BCUT2D eigenvalue weighted by Crippen LogP contribution is -2.02. The molecule has 0 amide bonds. The number of pyridine rings is 2. The van der Waals surface area contributed by atoms with E-state index in [9.17, 15) is 4.79 Å². The normalized spacial score (nSPS) is 10.7. The summed E-state index contributed by atoms with van der Waals surface area (Å²) in [5.74, 6) is -0.891. The SMILES string of the molecule is O=C(O)Cc1cc(-c2nccc3[nH]ccc23)ccn1. The van der Waals surface area contributed by atoms with Crippen LogP contribution in [0, 0.1) is 0 Å². The Hall–Kier alpha value is -2.69. The molecule has 0 aromatic carbocycles. The van der Waals surface area contributed by atoms with Gasteiger partial charge in [-0.05, 0) is 24.3 Å². The number of aromatic amines is 1. The van der Waals surface area contributed by atoms with Crippen molar-refractivity contribution in [1.82, 2.24) is 15.0 Å². The summed E-state index contributed by atoms with van der Waals surface area (Å²) in [6.45, 7) is 0. The van der Waals surface area contributed by atoms with E-state index in [0.717, 1.165) is 22.2 Å². The quantitative estimate of drug-likeness (QED) is 0.750. The molecule has 0 aliphatic heterocycles. The molecule has 0 unspecified atom stereocenters. The van der Waals surface area contributed by atoms with Crippen molar-refractivity contribution in [3.05, 3.63) is 48.5 Å². The predicted molar refractivity (Wildman–Crippen MR) is 70.7 cm³/mol. The minimum Gasteiger partial charge on any atom is -0.481 e. The maximum atomic E-state index is 10.7. The number of hydrogen-bond donors (Lipinski definition) is 2. The van der Waals surface area contributed by atoms with Crippen molar-refractivity contribution in [2.75, 3.05) is 0 Å². The van der Waals surface area contributed by atoms with Crippen LogP contribution in [0.4, 0.5) is 0 Å². The van der Waals surface area contributed by atoms with Gasteiger partial charge in [0.25, 0.3) is 0 Å². The summed E-state index contributed by atoms with van der Waals surface area (Å²) in [5.41, 5.74) is 3.23. The molecule has 0 spiro atoms. The van der Waals surface area contributed by atoms with Crippen molar-refractivity contribution in [2.24, 2.45) is 0 Å². The number of carboxylic acids is 1. The summed E-state index contributed by atoms with van der Waals surface area (Å²) in [6, 6.07) is 7.45. The van der Waals surface area contributed by atoms with E-state index >= 15 is 0 Å². The summed E-state index contributed by atoms with van der Waals surface area (Å²) in [7, 11) is 0. The number of fused-ring (bicyclic) bond motifs is 1. The molecule has 3 aromatic heterocycles. The molecule has 0 radical (unpaired) electrons. The Morgan fingerprint density at radius 1 is 1.21 bits per heavy atom. The molecule has 0 saturated carbocycles. The largest absolute Gasteiger partial charge is 0.481 e. The molecule has 3 heterocycles. The van der Waals surface area contributed by atoms with E-state index in [2.05, 4.69) is 15.0 Å². The lowest BCUT2D eigenvalue weighted by Gasteiger charge is -2.04. The highest BCUT2D eigenvalue weighted by molar-refractivity contribution is 5.92. The van der Waals surface area contributed by atoms with Gasteiger partial charge in [-0.15, -0.1) is 0 Å². The van der Waals surface area contributed by atoms with Crippen LogP contribution in [0.1, 0.15) is 5.69 Å². The summed E-state index contributed by atoms with van der Waals surface area (Å²) >= 11 is 0. The van der Waals surface area contributed by atoms with Crippen LogP contribution >= 0.6 is 0 Å². The summed E-state index contributed by atoms with van der Waals surface area (Å²) < 4.78 is 0. The van der Waals surface area contributed by atoms with Crippen molar-refractivity contribution < 1.29 is 9.90 Å². The molecule has 0 atom stereocenters. The molecule has 0 fully saturated rings. The molecule has 0 saturated heterocycles. The number of rotatable bonds is 3. The molecular formula is C14H11N3O2. The number of nitrogens with one attached hydrogen (secondary N) is 1. The number of carbonyl (C=O) groups is 1. The molecule has 0 aliphatic carbocycles. The zero-order valence-corrected chi connectivity index (χ0v) is 10.00. The van der Waals surface area contributed by atoms with Crippen molar-refractivity contribution in [3.63, 3.8) is 0 Å². The van der Waals surface area contributed by atoms with E-state index in [1.807, 2.05) is 24.4 Å². The minimum atomic E-state index is -0.891. The summed E-state index contributed by atoms with van der Waals surface area (Å²) in [4.78, 5) is 22.3. The third-order valence-electron chi connectivity index (χ3n) is 2.90. The molecule has 3 rings (SSSR count).